The maximum Gasteiger partial charge on any atom is 0.326 e. The third kappa shape index (κ3) is 4.37. The summed E-state index contributed by atoms with van der Waals surface area (Å²) < 4.78 is 7.09. The summed E-state index contributed by atoms with van der Waals surface area (Å²) in [5, 5.41) is 3.00. The predicted octanol–water partition coefficient (Wildman–Crippen LogP) is 3.72. The van der Waals surface area contributed by atoms with Crippen molar-refractivity contribution >= 4 is 28.5 Å². The van der Waals surface area contributed by atoms with Crippen LogP contribution in [0.1, 0.15) is 47.6 Å². The number of hydrogen-bond donors (Lipinski definition) is 2. The lowest BCUT2D eigenvalue weighted by Crippen LogP contribution is -2.31. The number of imidazole rings is 1. The Kier molecular flexibility index (Phi) is 6.26. The second-order valence-electron chi connectivity index (χ2n) is 8.88. The van der Waals surface area contributed by atoms with Crippen LogP contribution < -0.4 is 15.7 Å². The van der Waals surface area contributed by atoms with Crippen molar-refractivity contribution in [2.24, 2.45) is 5.92 Å². The van der Waals surface area contributed by atoms with E-state index >= 15 is 0 Å². The summed E-state index contributed by atoms with van der Waals surface area (Å²) in [7, 11) is 4.99. The molecule has 0 radical (unpaired) electrons. The van der Waals surface area contributed by atoms with E-state index < -0.39 is 0 Å². The number of H-pyrrole nitrogens is 1. The van der Waals surface area contributed by atoms with Crippen LogP contribution in [0.3, 0.4) is 0 Å². The van der Waals surface area contributed by atoms with E-state index in [0.717, 1.165) is 22.5 Å². The Labute approximate surface area is 192 Å². The third-order valence-electron chi connectivity index (χ3n) is 6.50. The SMILES string of the molecule is COc1cc(NC(=O)C2CCC(n3c(=O)[nH]c4c(C(=O)N(C)C)cccc43)CC2)ccc1C. The van der Waals surface area contributed by atoms with Gasteiger partial charge in [0.05, 0.1) is 23.7 Å². The minimum absolute atomic E-state index is 0.00973. The minimum Gasteiger partial charge on any atom is -0.496 e. The van der Waals surface area contributed by atoms with Crippen LogP contribution in [0.25, 0.3) is 11.0 Å². The first-order chi connectivity index (χ1) is 15.8. The molecule has 0 atom stereocenters. The maximum absolute atomic E-state index is 12.8. The molecule has 0 unspecified atom stereocenters. The highest BCUT2D eigenvalue weighted by Crippen LogP contribution is 2.34. The van der Waals surface area contributed by atoms with Crippen LogP contribution >= 0.6 is 0 Å². The molecule has 4 rings (SSSR count). The van der Waals surface area contributed by atoms with Gasteiger partial charge < -0.3 is 19.9 Å². The van der Waals surface area contributed by atoms with Crippen molar-refractivity contribution in [3.63, 3.8) is 0 Å². The number of hydrogen-bond acceptors (Lipinski definition) is 4. The molecule has 1 aromatic heterocycles. The van der Waals surface area contributed by atoms with Crippen molar-refractivity contribution in [2.75, 3.05) is 26.5 Å². The Bertz CT molecular complexity index is 1250. The molecule has 174 valence electrons. The number of fused-ring (bicyclic) bond motifs is 1. The Morgan fingerprint density at radius 3 is 2.52 bits per heavy atom. The molecule has 1 aliphatic carbocycles. The molecule has 0 saturated heterocycles. The Hall–Kier alpha value is -3.55. The van der Waals surface area contributed by atoms with E-state index in [1.165, 1.54) is 4.90 Å². The van der Waals surface area contributed by atoms with Crippen LogP contribution in [0.2, 0.25) is 0 Å². The average Bonchev–Trinajstić information content (AvgIpc) is 3.15. The van der Waals surface area contributed by atoms with Gasteiger partial charge in [-0.2, -0.15) is 0 Å². The first-order valence-corrected chi connectivity index (χ1v) is 11.2. The van der Waals surface area contributed by atoms with Crippen LogP contribution in [-0.4, -0.2) is 47.5 Å². The normalized spacial score (nSPS) is 18.2. The fourth-order valence-electron chi connectivity index (χ4n) is 4.67. The fraction of sp³-hybridized carbons (Fsp3) is 0.400. The molecule has 0 aliphatic heterocycles. The van der Waals surface area contributed by atoms with Gasteiger partial charge in [-0.1, -0.05) is 12.1 Å². The van der Waals surface area contributed by atoms with E-state index in [1.54, 1.807) is 37.9 Å². The van der Waals surface area contributed by atoms with E-state index in [2.05, 4.69) is 10.3 Å². The van der Waals surface area contributed by atoms with Crippen LogP contribution in [0.4, 0.5) is 5.69 Å². The number of carbonyl (C=O) groups is 2. The molecule has 2 N–H and O–H groups in total. The molecule has 1 saturated carbocycles. The number of aryl methyl sites for hydroxylation is 1. The van der Waals surface area contributed by atoms with Gasteiger partial charge in [0.1, 0.15) is 5.75 Å². The molecular weight excluding hydrogens is 420 g/mol. The number of methoxy groups -OCH3 is 1. The topological polar surface area (TPSA) is 96.4 Å². The highest BCUT2D eigenvalue weighted by Gasteiger charge is 2.29. The predicted molar refractivity (Wildman–Crippen MR) is 128 cm³/mol. The lowest BCUT2D eigenvalue weighted by Gasteiger charge is -2.28. The lowest BCUT2D eigenvalue weighted by molar-refractivity contribution is -0.121. The average molecular weight is 451 g/mol. The zero-order valence-corrected chi connectivity index (χ0v) is 19.5. The summed E-state index contributed by atoms with van der Waals surface area (Å²) in [6, 6.07) is 11.0. The molecule has 2 amide bonds. The number of aromatic nitrogens is 2. The molecule has 3 aromatic rings. The Balaban J connectivity index is 1.48. The number of ether oxygens (including phenoxy) is 1. The van der Waals surface area contributed by atoms with Gasteiger partial charge in [0.15, 0.2) is 0 Å². The number of rotatable bonds is 5. The number of nitrogens with one attached hydrogen (secondary N) is 2. The number of nitrogens with zero attached hydrogens (tertiary/aromatic N) is 2. The second-order valence-corrected chi connectivity index (χ2v) is 8.88. The number of para-hydroxylation sites is 1. The number of amides is 2. The monoisotopic (exact) mass is 450 g/mol. The molecule has 0 spiro atoms. The van der Waals surface area contributed by atoms with Crippen molar-refractivity contribution in [1.29, 1.82) is 0 Å². The first-order valence-electron chi connectivity index (χ1n) is 11.2. The molecule has 1 fully saturated rings. The van der Waals surface area contributed by atoms with Crippen LogP contribution in [0.15, 0.2) is 41.2 Å². The van der Waals surface area contributed by atoms with Crippen molar-refractivity contribution in [3.8, 4) is 5.75 Å². The Morgan fingerprint density at radius 1 is 1.12 bits per heavy atom. The van der Waals surface area contributed by atoms with Crippen molar-refractivity contribution in [1.82, 2.24) is 14.5 Å². The fourth-order valence-corrected chi connectivity index (χ4v) is 4.67. The van der Waals surface area contributed by atoms with Gasteiger partial charge in [0.2, 0.25) is 5.91 Å². The number of carbonyl (C=O) groups excluding carboxylic acids is 2. The van der Waals surface area contributed by atoms with Gasteiger partial charge in [0, 0.05) is 37.8 Å². The number of benzene rings is 2. The van der Waals surface area contributed by atoms with E-state index in [1.807, 2.05) is 31.2 Å². The summed E-state index contributed by atoms with van der Waals surface area (Å²) in [5.74, 6) is 0.467. The largest absolute Gasteiger partial charge is 0.496 e. The van der Waals surface area contributed by atoms with E-state index in [9.17, 15) is 14.4 Å². The van der Waals surface area contributed by atoms with Gasteiger partial charge in [-0.15, -0.1) is 0 Å². The zero-order chi connectivity index (χ0) is 23.7. The number of anilines is 1. The van der Waals surface area contributed by atoms with Crippen molar-refractivity contribution < 1.29 is 14.3 Å². The van der Waals surface area contributed by atoms with Gasteiger partial charge in [-0.05, 0) is 56.4 Å². The number of aromatic amines is 1. The van der Waals surface area contributed by atoms with E-state index in [4.69, 9.17) is 4.74 Å². The maximum atomic E-state index is 12.8. The molecule has 8 nitrogen and oxygen atoms in total. The standard InChI is InChI=1S/C25H30N4O4/c1-15-8-11-17(14-21(15)33-4)26-23(30)16-9-12-18(13-10-16)29-20-7-5-6-19(24(31)28(2)3)22(20)27-25(29)32/h5-8,11,14,16,18H,9-10,12-13H2,1-4H3,(H,26,30)(H,27,32). The van der Waals surface area contributed by atoms with Gasteiger partial charge in [-0.25, -0.2) is 4.79 Å². The van der Waals surface area contributed by atoms with Crippen LogP contribution in [0, 0.1) is 12.8 Å². The Morgan fingerprint density at radius 2 is 1.85 bits per heavy atom. The third-order valence-corrected chi connectivity index (χ3v) is 6.50. The van der Waals surface area contributed by atoms with E-state index in [-0.39, 0.29) is 29.5 Å². The molecular formula is C25H30N4O4. The molecule has 0 bridgehead atoms. The minimum atomic E-state index is -0.219. The second kappa shape index (κ2) is 9.13. The highest BCUT2D eigenvalue weighted by atomic mass is 16.5. The lowest BCUT2D eigenvalue weighted by atomic mass is 9.85. The van der Waals surface area contributed by atoms with Gasteiger partial charge >= 0.3 is 5.69 Å². The van der Waals surface area contributed by atoms with Crippen LogP contribution in [-0.2, 0) is 4.79 Å². The van der Waals surface area contributed by atoms with E-state index in [0.29, 0.717) is 36.8 Å². The van der Waals surface area contributed by atoms with Gasteiger partial charge in [0.25, 0.3) is 5.91 Å². The van der Waals surface area contributed by atoms with Gasteiger partial charge in [-0.3, -0.25) is 14.2 Å². The molecule has 2 aromatic carbocycles. The molecule has 33 heavy (non-hydrogen) atoms. The smallest absolute Gasteiger partial charge is 0.326 e. The van der Waals surface area contributed by atoms with Crippen LogP contribution in [0.5, 0.6) is 5.75 Å². The first kappa shape index (κ1) is 22.6. The molecule has 1 heterocycles. The zero-order valence-electron chi connectivity index (χ0n) is 19.5. The molecule has 1 aliphatic rings. The summed E-state index contributed by atoms with van der Waals surface area (Å²) >= 11 is 0. The molecule has 8 heteroatoms. The van der Waals surface area contributed by atoms with Crippen molar-refractivity contribution in [3.05, 3.63) is 58.0 Å². The summed E-state index contributed by atoms with van der Waals surface area (Å²) in [5.41, 5.74) is 3.28. The summed E-state index contributed by atoms with van der Waals surface area (Å²) in [4.78, 5) is 42.6. The summed E-state index contributed by atoms with van der Waals surface area (Å²) in [6.45, 7) is 1.96. The quantitative estimate of drug-likeness (QED) is 0.619. The highest BCUT2D eigenvalue weighted by molar-refractivity contribution is 6.04. The van der Waals surface area contributed by atoms with Crippen molar-refractivity contribution in [2.45, 2.75) is 38.6 Å². The summed E-state index contributed by atoms with van der Waals surface area (Å²) in [6.07, 6.45) is 2.81.